The molecule has 0 aromatic heterocycles. The molecular formula is C24H17N3O7. The number of guanidine groups is 1. The van der Waals surface area contributed by atoms with Gasteiger partial charge in [-0.25, -0.2) is 4.79 Å². The molecule has 1 saturated heterocycles. The zero-order valence-electron chi connectivity index (χ0n) is 18.1. The number of likely N-dealkylation sites (N-methyl/N-ethyl adjacent to an activating group) is 1. The molecular weight excluding hydrogens is 442 g/mol. The molecule has 34 heavy (non-hydrogen) atoms. The van der Waals surface area contributed by atoms with Gasteiger partial charge < -0.3 is 19.1 Å². The van der Waals surface area contributed by atoms with Crippen LogP contribution in [0.5, 0.6) is 17.2 Å². The highest BCUT2D eigenvalue weighted by Crippen LogP contribution is 2.34. The summed E-state index contributed by atoms with van der Waals surface area (Å²) in [6.07, 6.45) is 2.64. The highest BCUT2D eigenvalue weighted by Gasteiger charge is 2.39. The summed E-state index contributed by atoms with van der Waals surface area (Å²) in [7, 11) is 1.55. The number of benzene rings is 2. The number of Topliss-reactive ketones (excluding diaryl/α,β-unsaturated/α-hetero) is 1. The van der Waals surface area contributed by atoms with E-state index in [0.29, 0.717) is 17.1 Å². The van der Waals surface area contributed by atoms with Crippen LogP contribution in [0.3, 0.4) is 0 Å². The molecule has 3 aliphatic rings. The highest BCUT2D eigenvalue weighted by atomic mass is 16.7. The van der Waals surface area contributed by atoms with E-state index in [4.69, 9.17) is 14.2 Å². The molecule has 0 unspecified atom stereocenters. The van der Waals surface area contributed by atoms with Crippen LogP contribution in [0.1, 0.15) is 22.8 Å². The monoisotopic (exact) mass is 459 g/mol. The Kier molecular flexibility index (Phi) is 4.97. The number of nitrogens with zero attached hydrogens (tertiary/aromatic N) is 3. The number of carbonyl (C=O) groups excluding carboxylic acids is 4. The fourth-order valence-corrected chi connectivity index (χ4v) is 3.71. The summed E-state index contributed by atoms with van der Waals surface area (Å²) in [5.41, 5.74) is 0.626. The van der Waals surface area contributed by atoms with Crippen molar-refractivity contribution in [2.24, 2.45) is 4.99 Å². The third-order valence-electron chi connectivity index (χ3n) is 5.33. The number of ether oxygens (including phenoxy) is 3. The van der Waals surface area contributed by atoms with Gasteiger partial charge in [0.15, 0.2) is 11.5 Å². The van der Waals surface area contributed by atoms with Gasteiger partial charge in [-0.2, -0.15) is 4.99 Å². The van der Waals surface area contributed by atoms with Crippen LogP contribution in [0.4, 0.5) is 0 Å². The van der Waals surface area contributed by atoms with Crippen LogP contribution in [0, 0.1) is 0 Å². The second kappa shape index (κ2) is 8.00. The zero-order chi connectivity index (χ0) is 24.0. The van der Waals surface area contributed by atoms with E-state index in [-0.39, 0.29) is 35.3 Å². The first-order valence-corrected chi connectivity index (χ1v) is 10.2. The Morgan fingerprint density at radius 2 is 1.79 bits per heavy atom. The number of fused-ring (bicyclic) bond motifs is 2. The molecule has 0 atom stereocenters. The summed E-state index contributed by atoms with van der Waals surface area (Å²) in [5, 5.41) is 0. The molecule has 2 amide bonds. The predicted molar refractivity (Wildman–Crippen MR) is 118 cm³/mol. The number of carbonyl (C=O) groups is 4. The summed E-state index contributed by atoms with van der Waals surface area (Å²) < 4.78 is 15.9. The Bertz CT molecular complexity index is 1370. The van der Waals surface area contributed by atoms with Gasteiger partial charge in [0.05, 0.1) is 5.56 Å². The van der Waals surface area contributed by atoms with Gasteiger partial charge >= 0.3 is 5.97 Å². The van der Waals surface area contributed by atoms with Crippen LogP contribution in [-0.2, 0) is 14.4 Å². The highest BCUT2D eigenvalue weighted by molar-refractivity contribution is 6.28. The first-order chi connectivity index (χ1) is 16.3. The Hall–Kier alpha value is -4.73. The van der Waals surface area contributed by atoms with Gasteiger partial charge in [-0.3, -0.25) is 19.3 Å². The van der Waals surface area contributed by atoms with E-state index in [9.17, 15) is 19.2 Å². The smallest absolute Gasteiger partial charge is 0.349 e. The van der Waals surface area contributed by atoms with Gasteiger partial charge in [0.2, 0.25) is 24.4 Å². The maximum Gasteiger partial charge on any atom is 0.349 e. The Morgan fingerprint density at radius 3 is 2.59 bits per heavy atom. The maximum absolute atomic E-state index is 13.3. The molecule has 170 valence electrons. The summed E-state index contributed by atoms with van der Waals surface area (Å²) in [6.45, 7) is 1.34. The van der Waals surface area contributed by atoms with Gasteiger partial charge in [0.1, 0.15) is 17.0 Å². The van der Waals surface area contributed by atoms with Crippen molar-refractivity contribution >= 4 is 35.6 Å². The van der Waals surface area contributed by atoms with E-state index in [0.717, 1.165) is 11.1 Å². The number of para-hydroxylation sites is 1. The van der Waals surface area contributed by atoms with Gasteiger partial charge in [-0.05, 0) is 35.9 Å². The largest absolute Gasteiger partial charge is 0.454 e. The lowest BCUT2D eigenvalue weighted by molar-refractivity contribution is -0.130. The standard InChI is InChI=1S/C24H17N3O7/c1-13(28)25-24-26(2)17(9-14-7-8-19-20(10-14)33-12-32-19)22(30)27(24)11-16-21(29)15-5-3-4-6-18(15)34-23(16)31/h3-11H,12H2,1-2H3/b16-11?,17-9-,25-24?. The average Bonchev–Trinajstić information content (AvgIpc) is 3.35. The zero-order valence-corrected chi connectivity index (χ0v) is 18.1. The molecule has 0 spiro atoms. The minimum Gasteiger partial charge on any atom is -0.454 e. The number of hydrogen-bond acceptors (Lipinski definition) is 7. The molecule has 0 radical (unpaired) electrons. The van der Waals surface area contributed by atoms with Crippen molar-refractivity contribution in [1.82, 2.24) is 9.80 Å². The normalized spacial score (nSPS) is 20.4. The van der Waals surface area contributed by atoms with Crippen molar-refractivity contribution in [3.63, 3.8) is 0 Å². The van der Waals surface area contributed by atoms with Crippen LogP contribution in [0.2, 0.25) is 0 Å². The molecule has 3 heterocycles. The Balaban J connectivity index is 1.56. The second-order valence-corrected chi connectivity index (χ2v) is 7.56. The molecule has 0 bridgehead atoms. The first-order valence-electron chi connectivity index (χ1n) is 10.2. The number of rotatable bonds is 2. The molecule has 2 aromatic carbocycles. The van der Waals surface area contributed by atoms with E-state index in [2.05, 4.69) is 4.99 Å². The van der Waals surface area contributed by atoms with Gasteiger partial charge in [0, 0.05) is 20.2 Å². The lowest BCUT2D eigenvalue weighted by Gasteiger charge is -2.19. The van der Waals surface area contributed by atoms with Gasteiger partial charge in [-0.1, -0.05) is 18.2 Å². The maximum atomic E-state index is 13.3. The topological polar surface area (TPSA) is 115 Å². The van der Waals surface area contributed by atoms with E-state index >= 15 is 0 Å². The van der Waals surface area contributed by atoms with Gasteiger partial charge in [0.25, 0.3) is 5.91 Å². The number of hydrogen-bond donors (Lipinski definition) is 0. The third-order valence-corrected chi connectivity index (χ3v) is 5.33. The molecule has 10 heteroatoms. The molecule has 3 aliphatic heterocycles. The predicted octanol–water partition coefficient (Wildman–Crippen LogP) is 2.12. The minimum atomic E-state index is -0.908. The number of aliphatic imine (C=N–C) groups is 1. The van der Waals surface area contributed by atoms with E-state index in [1.807, 2.05) is 0 Å². The fourth-order valence-electron chi connectivity index (χ4n) is 3.71. The molecule has 0 N–H and O–H groups in total. The third kappa shape index (κ3) is 3.51. The molecule has 0 aliphatic carbocycles. The SMILES string of the molecule is CC(=O)N=C1N(C=C2C(=O)Oc3ccccc3C2=O)C(=O)/C(=C/c2ccc3c(c2)OCO3)N1C. The summed E-state index contributed by atoms with van der Waals surface area (Å²) in [5.74, 6) is -1.46. The summed E-state index contributed by atoms with van der Waals surface area (Å²) in [6, 6.07) is 11.5. The number of ketones is 1. The Labute approximate surface area is 193 Å². The molecule has 0 saturated carbocycles. The number of amides is 2. The molecule has 1 fully saturated rings. The minimum absolute atomic E-state index is 0.0588. The van der Waals surface area contributed by atoms with Crippen molar-refractivity contribution in [3.05, 3.63) is 71.1 Å². The average molecular weight is 459 g/mol. The number of esters is 1. The fraction of sp³-hybridized carbons (Fsp3) is 0.125. The molecule has 2 aromatic rings. The van der Waals surface area contributed by atoms with Crippen LogP contribution in [0.25, 0.3) is 6.08 Å². The van der Waals surface area contributed by atoms with Crippen LogP contribution >= 0.6 is 0 Å². The molecule has 10 nitrogen and oxygen atoms in total. The lowest BCUT2D eigenvalue weighted by Crippen LogP contribution is -2.33. The van der Waals surface area contributed by atoms with E-state index in [1.165, 1.54) is 24.0 Å². The summed E-state index contributed by atoms with van der Waals surface area (Å²) >= 11 is 0. The quantitative estimate of drug-likeness (QED) is 0.290. The van der Waals surface area contributed by atoms with E-state index in [1.54, 1.807) is 43.5 Å². The van der Waals surface area contributed by atoms with E-state index < -0.39 is 23.6 Å². The van der Waals surface area contributed by atoms with Crippen LogP contribution < -0.4 is 14.2 Å². The van der Waals surface area contributed by atoms with Gasteiger partial charge in [-0.15, -0.1) is 0 Å². The Morgan fingerprint density at radius 1 is 1.03 bits per heavy atom. The van der Waals surface area contributed by atoms with Crippen LogP contribution in [-0.4, -0.2) is 53.2 Å². The molecule has 5 rings (SSSR count). The van der Waals surface area contributed by atoms with Crippen molar-refractivity contribution < 1.29 is 33.4 Å². The van der Waals surface area contributed by atoms with Crippen molar-refractivity contribution in [2.75, 3.05) is 13.8 Å². The second-order valence-electron chi connectivity index (χ2n) is 7.56. The summed E-state index contributed by atoms with van der Waals surface area (Å²) in [4.78, 5) is 56.9. The van der Waals surface area contributed by atoms with Crippen LogP contribution in [0.15, 0.2) is 64.9 Å². The first kappa shape index (κ1) is 21.1. The van der Waals surface area contributed by atoms with Crippen molar-refractivity contribution in [2.45, 2.75) is 6.92 Å². The van der Waals surface area contributed by atoms with Crippen molar-refractivity contribution in [1.29, 1.82) is 0 Å². The lowest BCUT2D eigenvalue weighted by atomic mass is 10.0. The van der Waals surface area contributed by atoms with Crippen molar-refractivity contribution in [3.8, 4) is 17.2 Å².